The zero-order chi connectivity index (χ0) is 23.1. The quantitative estimate of drug-likeness (QED) is 0.724. The van der Waals surface area contributed by atoms with Crippen LogP contribution in [0.5, 0.6) is 5.75 Å². The van der Waals surface area contributed by atoms with Crippen LogP contribution in [-0.4, -0.2) is 79.2 Å². The van der Waals surface area contributed by atoms with Crippen molar-refractivity contribution in [3.63, 3.8) is 0 Å². The molecule has 4 rings (SSSR count). The summed E-state index contributed by atoms with van der Waals surface area (Å²) in [5.41, 5.74) is 2.55. The number of carboxylic acid groups (broad SMARTS) is 1. The Bertz CT molecular complexity index is 890. The van der Waals surface area contributed by atoms with E-state index in [1.54, 1.807) is 4.90 Å². The highest BCUT2D eigenvalue weighted by molar-refractivity contribution is 5.75. The summed E-state index contributed by atoms with van der Waals surface area (Å²) in [6, 6.07) is 18.8. The number of aryl methyl sites for hydroxylation is 1. The highest BCUT2D eigenvalue weighted by Gasteiger charge is 2.49. The van der Waals surface area contributed by atoms with Crippen molar-refractivity contribution in [1.29, 1.82) is 0 Å². The van der Waals surface area contributed by atoms with Gasteiger partial charge in [-0.15, -0.1) is 0 Å². The van der Waals surface area contributed by atoms with Crippen molar-refractivity contribution in [2.75, 3.05) is 46.9 Å². The van der Waals surface area contributed by atoms with E-state index < -0.39 is 0 Å². The second-order valence-corrected chi connectivity index (χ2v) is 8.58. The monoisotopic (exact) mass is 439 g/mol. The first-order valence-electron chi connectivity index (χ1n) is 11.0. The predicted molar refractivity (Wildman–Crippen MR) is 124 cm³/mol. The van der Waals surface area contributed by atoms with Crippen molar-refractivity contribution in [3.05, 3.63) is 65.7 Å². The van der Waals surface area contributed by atoms with Gasteiger partial charge in [-0.3, -0.25) is 9.69 Å². The van der Waals surface area contributed by atoms with E-state index in [0.717, 1.165) is 31.9 Å². The second-order valence-electron chi connectivity index (χ2n) is 8.58. The van der Waals surface area contributed by atoms with Crippen LogP contribution in [0.4, 0.5) is 4.79 Å². The molecule has 2 aromatic carbocycles. The molecule has 0 radical (unpaired) electrons. The van der Waals surface area contributed by atoms with Gasteiger partial charge in [0.15, 0.2) is 0 Å². The Morgan fingerprint density at radius 3 is 2.41 bits per heavy atom. The van der Waals surface area contributed by atoms with Crippen LogP contribution in [0, 0.1) is 18.8 Å². The minimum Gasteiger partial charge on any atom is -0.492 e. The highest BCUT2D eigenvalue weighted by atomic mass is 16.5. The maximum atomic E-state index is 12.9. The van der Waals surface area contributed by atoms with E-state index in [0.29, 0.717) is 18.4 Å². The van der Waals surface area contributed by atoms with Crippen LogP contribution >= 0.6 is 0 Å². The molecule has 2 saturated heterocycles. The SMILES string of the molecule is Cc1ccccc1[C@H]1[C@@H]2CN(CCOc3ccccc3)C[C@@H]2CN1C(=O)N(C)C.O=CO. The fraction of sp³-hybridized carbons (Fsp3) is 0.440. The number of nitrogens with zero attached hydrogens (tertiary/aromatic N) is 3. The summed E-state index contributed by atoms with van der Waals surface area (Å²) < 4.78 is 5.90. The van der Waals surface area contributed by atoms with E-state index in [1.165, 1.54) is 11.1 Å². The van der Waals surface area contributed by atoms with Gasteiger partial charge in [0, 0.05) is 46.2 Å². The van der Waals surface area contributed by atoms with Crippen molar-refractivity contribution in [3.8, 4) is 5.75 Å². The molecule has 0 unspecified atom stereocenters. The normalized spacial score (nSPS) is 22.0. The molecular formula is C25H33N3O4. The van der Waals surface area contributed by atoms with Gasteiger partial charge in [0.1, 0.15) is 12.4 Å². The van der Waals surface area contributed by atoms with Gasteiger partial charge in [-0.05, 0) is 36.1 Å². The van der Waals surface area contributed by atoms with Gasteiger partial charge in [0.2, 0.25) is 0 Å². The van der Waals surface area contributed by atoms with E-state index in [-0.39, 0.29) is 18.5 Å². The summed E-state index contributed by atoms with van der Waals surface area (Å²) >= 11 is 0. The topological polar surface area (TPSA) is 73.3 Å². The summed E-state index contributed by atoms with van der Waals surface area (Å²) in [4.78, 5) is 27.6. The van der Waals surface area contributed by atoms with Crippen molar-refractivity contribution in [2.24, 2.45) is 11.8 Å². The van der Waals surface area contributed by atoms with Crippen molar-refractivity contribution >= 4 is 12.5 Å². The van der Waals surface area contributed by atoms with Crippen LogP contribution in [0.15, 0.2) is 54.6 Å². The number of ether oxygens (including phenoxy) is 1. The molecule has 0 spiro atoms. The lowest BCUT2D eigenvalue weighted by atomic mass is 9.88. The summed E-state index contributed by atoms with van der Waals surface area (Å²) in [5.74, 6) is 1.91. The van der Waals surface area contributed by atoms with E-state index in [2.05, 4.69) is 41.0 Å². The maximum absolute atomic E-state index is 12.9. The zero-order valence-corrected chi connectivity index (χ0v) is 19.1. The Kier molecular flexibility index (Phi) is 8.11. The number of carbonyl (C=O) groups excluding carboxylic acids is 1. The lowest BCUT2D eigenvalue weighted by molar-refractivity contribution is -0.122. The van der Waals surface area contributed by atoms with Crippen LogP contribution in [0.1, 0.15) is 17.2 Å². The van der Waals surface area contributed by atoms with Gasteiger partial charge in [-0.2, -0.15) is 0 Å². The largest absolute Gasteiger partial charge is 0.492 e. The third kappa shape index (κ3) is 5.40. The van der Waals surface area contributed by atoms with E-state index in [9.17, 15) is 4.79 Å². The molecule has 2 fully saturated rings. The number of benzene rings is 2. The molecule has 0 bridgehead atoms. The molecule has 172 valence electrons. The van der Waals surface area contributed by atoms with Gasteiger partial charge in [0.05, 0.1) is 6.04 Å². The second kappa shape index (κ2) is 11.0. The minimum absolute atomic E-state index is 0.117. The number of fused-ring (bicyclic) bond motifs is 1. The average Bonchev–Trinajstić information content (AvgIpc) is 3.32. The summed E-state index contributed by atoms with van der Waals surface area (Å²) in [7, 11) is 3.69. The summed E-state index contributed by atoms with van der Waals surface area (Å²) in [5, 5.41) is 6.89. The Morgan fingerprint density at radius 2 is 1.75 bits per heavy atom. The predicted octanol–water partition coefficient (Wildman–Crippen LogP) is 3.36. The number of urea groups is 1. The van der Waals surface area contributed by atoms with Crippen molar-refractivity contribution < 1.29 is 19.4 Å². The fourth-order valence-electron chi connectivity index (χ4n) is 4.90. The van der Waals surface area contributed by atoms with Gasteiger partial charge in [-0.25, -0.2) is 4.79 Å². The number of para-hydroxylation sites is 1. The Balaban J connectivity index is 0.000000913. The van der Waals surface area contributed by atoms with Gasteiger partial charge in [0.25, 0.3) is 6.47 Å². The number of amides is 2. The molecule has 7 heteroatoms. The molecule has 1 N–H and O–H groups in total. The first kappa shape index (κ1) is 23.6. The molecule has 0 aliphatic carbocycles. The number of hydrogen-bond donors (Lipinski definition) is 1. The zero-order valence-electron chi connectivity index (χ0n) is 19.1. The Morgan fingerprint density at radius 1 is 1.09 bits per heavy atom. The average molecular weight is 440 g/mol. The molecule has 3 atom stereocenters. The maximum Gasteiger partial charge on any atom is 0.320 e. The fourth-order valence-corrected chi connectivity index (χ4v) is 4.90. The van der Waals surface area contributed by atoms with E-state index >= 15 is 0 Å². The molecule has 0 saturated carbocycles. The lowest BCUT2D eigenvalue weighted by Crippen LogP contribution is -2.41. The highest BCUT2D eigenvalue weighted by Crippen LogP contribution is 2.46. The number of likely N-dealkylation sites (tertiary alicyclic amines) is 2. The van der Waals surface area contributed by atoms with Crippen molar-refractivity contribution in [2.45, 2.75) is 13.0 Å². The Hall–Kier alpha value is -3.06. The van der Waals surface area contributed by atoms with Crippen LogP contribution in [-0.2, 0) is 4.79 Å². The number of hydrogen-bond acceptors (Lipinski definition) is 4. The Labute approximate surface area is 190 Å². The van der Waals surface area contributed by atoms with Gasteiger partial charge in [-0.1, -0.05) is 42.5 Å². The number of carbonyl (C=O) groups is 2. The third-order valence-electron chi connectivity index (χ3n) is 6.29. The minimum atomic E-state index is -0.250. The summed E-state index contributed by atoms with van der Waals surface area (Å²) in [6.45, 7) is 6.39. The van der Waals surface area contributed by atoms with Crippen LogP contribution in [0.2, 0.25) is 0 Å². The number of rotatable bonds is 5. The molecule has 0 aromatic heterocycles. The molecule has 7 nitrogen and oxygen atoms in total. The standard InChI is InChI=1S/C24H31N3O2.CH2O2/c1-18-9-7-8-12-21(18)23-22-17-26(13-14-29-20-10-5-4-6-11-20)15-19(22)16-27(23)24(28)25(2)3;2-1-3/h4-12,19,22-23H,13-17H2,1-3H3;1H,(H,2,3)/t19-,22-,23+;/m1./s1. The van der Waals surface area contributed by atoms with Gasteiger partial charge < -0.3 is 19.6 Å². The first-order valence-corrected chi connectivity index (χ1v) is 11.0. The third-order valence-corrected chi connectivity index (χ3v) is 6.29. The molecule has 32 heavy (non-hydrogen) atoms. The van der Waals surface area contributed by atoms with Gasteiger partial charge >= 0.3 is 6.03 Å². The smallest absolute Gasteiger partial charge is 0.320 e. The van der Waals surface area contributed by atoms with E-state index in [4.69, 9.17) is 14.6 Å². The van der Waals surface area contributed by atoms with Crippen LogP contribution in [0.3, 0.4) is 0 Å². The van der Waals surface area contributed by atoms with Crippen LogP contribution < -0.4 is 4.74 Å². The lowest BCUT2D eigenvalue weighted by Gasteiger charge is -2.32. The summed E-state index contributed by atoms with van der Waals surface area (Å²) in [6.07, 6.45) is 0. The van der Waals surface area contributed by atoms with Crippen molar-refractivity contribution in [1.82, 2.24) is 14.7 Å². The molecule has 2 heterocycles. The molecule has 2 aromatic rings. The van der Waals surface area contributed by atoms with E-state index in [1.807, 2.05) is 44.4 Å². The molecule has 2 amide bonds. The molecular weight excluding hydrogens is 406 g/mol. The first-order chi connectivity index (χ1) is 15.5. The van der Waals surface area contributed by atoms with Crippen LogP contribution in [0.25, 0.3) is 0 Å². The molecule has 2 aliphatic heterocycles. The molecule has 2 aliphatic rings.